The number of amides is 1. The van der Waals surface area contributed by atoms with Crippen LogP contribution in [0, 0.1) is 12.8 Å². The molecule has 0 bridgehead atoms. The summed E-state index contributed by atoms with van der Waals surface area (Å²) in [6.07, 6.45) is 0.940. The average Bonchev–Trinajstić information content (AvgIpc) is 3.07. The van der Waals surface area contributed by atoms with Crippen molar-refractivity contribution in [2.75, 3.05) is 13.1 Å². The first-order chi connectivity index (χ1) is 10.7. The van der Waals surface area contributed by atoms with Crippen LogP contribution in [0.1, 0.15) is 17.5 Å². The lowest BCUT2D eigenvalue weighted by Gasteiger charge is -2.11. The molecule has 1 unspecified atom stereocenters. The fraction of sp³-hybridized carbons (Fsp3) is 0.316. The van der Waals surface area contributed by atoms with Crippen molar-refractivity contribution in [1.82, 2.24) is 10.6 Å². The van der Waals surface area contributed by atoms with Gasteiger partial charge in [0, 0.05) is 13.1 Å². The summed E-state index contributed by atoms with van der Waals surface area (Å²) in [5, 5.41) is 6.28. The Kier molecular flexibility index (Phi) is 6.20. The number of carbonyl (C=O) groups is 1. The van der Waals surface area contributed by atoms with Crippen LogP contribution in [0.25, 0.3) is 11.1 Å². The van der Waals surface area contributed by atoms with E-state index in [9.17, 15) is 4.79 Å². The van der Waals surface area contributed by atoms with Crippen molar-refractivity contribution in [1.29, 1.82) is 0 Å². The van der Waals surface area contributed by atoms with E-state index in [0.29, 0.717) is 6.54 Å². The van der Waals surface area contributed by atoms with Crippen LogP contribution in [0.4, 0.5) is 0 Å². The van der Waals surface area contributed by atoms with Gasteiger partial charge < -0.3 is 10.6 Å². The van der Waals surface area contributed by atoms with Gasteiger partial charge in [-0.2, -0.15) is 0 Å². The summed E-state index contributed by atoms with van der Waals surface area (Å²) in [5.74, 6) is 0.283. The molecule has 1 aliphatic heterocycles. The molecule has 0 aromatic heterocycles. The lowest BCUT2D eigenvalue weighted by Crippen LogP contribution is -2.31. The molecule has 2 aromatic carbocycles. The first-order valence-corrected chi connectivity index (χ1v) is 7.87. The molecule has 23 heavy (non-hydrogen) atoms. The normalized spacial score (nSPS) is 16.7. The summed E-state index contributed by atoms with van der Waals surface area (Å²) in [5.41, 5.74) is 4.80. The van der Waals surface area contributed by atoms with Gasteiger partial charge in [-0.05, 0) is 42.6 Å². The van der Waals surface area contributed by atoms with Gasteiger partial charge in [0.15, 0.2) is 0 Å². The van der Waals surface area contributed by atoms with Gasteiger partial charge in [0.05, 0.1) is 5.92 Å². The van der Waals surface area contributed by atoms with Crippen molar-refractivity contribution in [3.63, 3.8) is 0 Å². The molecule has 2 N–H and O–H groups in total. The molecule has 3 nitrogen and oxygen atoms in total. The van der Waals surface area contributed by atoms with E-state index < -0.39 is 0 Å². The van der Waals surface area contributed by atoms with Crippen LogP contribution in [0.2, 0.25) is 0 Å². The Bertz CT molecular complexity index is 666. The standard InChI is InChI=1S/C19H22N2O.ClH/c1-14-4-2-6-16(10-14)17-7-3-5-15(11-17)12-21-19(22)18-8-9-20-13-18;/h2-7,10-11,18,20H,8-9,12-13H2,1H3,(H,21,22);1H. The van der Waals surface area contributed by atoms with E-state index >= 15 is 0 Å². The van der Waals surface area contributed by atoms with Crippen molar-refractivity contribution >= 4 is 18.3 Å². The van der Waals surface area contributed by atoms with E-state index in [1.807, 2.05) is 0 Å². The Morgan fingerprint density at radius 2 is 1.91 bits per heavy atom. The predicted molar refractivity (Wildman–Crippen MR) is 96.7 cm³/mol. The van der Waals surface area contributed by atoms with Gasteiger partial charge in [-0.1, -0.05) is 48.0 Å². The summed E-state index contributed by atoms with van der Waals surface area (Å²) in [6.45, 7) is 4.44. The lowest BCUT2D eigenvalue weighted by atomic mass is 10.0. The van der Waals surface area contributed by atoms with Crippen LogP contribution in [-0.2, 0) is 11.3 Å². The number of benzene rings is 2. The number of halogens is 1. The maximum atomic E-state index is 12.1. The average molecular weight is 331 g/mol. The Morgan fingerprint density at radius 3 is 2.61 bits per heavy atom. The zero-order valence-electron chi connectivity index (χ0n) is 13.3. The molecule has 0 spiro atoms. The SMILES string of the molecule is Cc1cccc(-c2cccc(CNC(=O)C3CCNC3)c2)c1.Cl. The Morgan fingerprint density at radius 1 is 1.17 bits per heavy atom. The zero-order valence-corrected chi connectivity index (χ0v) is 14.2. The molecular weight excluding hydrogens is 308 g/mol. The summed E-state index contributed by atoms with van der Waals surface area (Å²) in [6, 6.07) is 16.9. The van der Waals surface area contributed by atoms with Crippen molar-refractivity contribution in [2.45, 2.75) is 19.9 Å². The first-order valence-electron chi connectivity index (χ1n) is 7.87. The van der Waals surface area contributed by atoms with Crippen LogP contribution in [0.15, 0.2) is 48.5 Å². The fourth-order valence-electron chi connectivity index (χ4n) is 2.90. The van der Waals surface area contributed by atoms with Gasteiger partial charge in [-0.3, -0.25) is 4.79 Å². The van der Waals surface area contributed by atoms with E-state index in [4.69, 9.17) is 0 Å². The molecule has 1 fully saturated rings. The number of rotatable bonds is 4. The Labute approximate surface area is 143 Å². The second kappa shape index (κ2) is 8.14. The monoisotopic (exact) mass is 330 g/mol. The highest BCUT2D eigenvalue weighted by molar-refractivity contribution is 5.85. The molecule has 122 valence electrons. The molecule has 1 amide bonds. The molecule has 0 radical (unpaired) electrons. The van der Waals surface area contributed by atoms with Gasteiger partial charge in [0.2, 0.25) is 5.91 Å². The maximum Gasteiger partial charge on any atom is 0.224 e. The second-order valence-electron chi connectivity index (χ2n) is 5.98. The third kappa shape index (κ3) is 4.57. The van der Waals surface area contributed by atoms with Crippen LogP contribution < -0.4 is 10.6 Å². The fourth-order valence-corrected chi connectivity index (χ4v) is 2.90. The summed E-state index contributed by atoms with van der Waals surface area (Å²) >= 11 is 0. The molecule has 1 aliphatic rings. The maximum absolute atomic E-state index is 12.1. The number of carbonyl (C=O) groups excluding carboxylic acids is 1. The Hall–Kier alpha value is -1.84. The molecule has 0 saturated carbocycles. The van der Waals surface area contributed by atoms with Gasteiger partial charge in [0.25, 0.3) is 0 Å². The number of hydrogen-bond acceptors (Lipinski definition) is 2. The molecule has 4 heteroatoms. The van der Waals surface area contributed by atoms with Crippen LogP contribution >= 0.6 is 12.4 Å². The van der Waals surface area contributed by atoms with Crippen molar-refractivity contribution in [2.24, 2.45) is 5.92 Å². The minimum atomic E-state index is 0. The molecule has 2 aromatic rings. The second-order valence-corrected chi connectivity index (χ2v) is 5.98. The van der Waals surface area contributed by atoms with Crippen molar-refractivity contribution < 1.29 is 4.79 Å². The van der Waals surface area contributed by atoms with Gasteiger partial charge >= 0.3 is 0 Å². The largest absolute Gasteiger partial charge is 0.352 e. The molecule has 0 aliphatic carbocycles. The number of hydrogen-bond donors (Lipinski definition) is 2. The molecular formula is C19H23ClN2O. The van der Waals surface area contributed by atoms with Crippen LogP contribution in [0.3, 0.4) is 0 Å². The summed E-state index contributed by atoms with van der Waals surface area (Å²) in [4.78, 5) is 12.1. The zero-order chi connectivity index (χ0) is 15.4. The minimum absolute atomic E-state index is 0. The van der Waals surface area contributed by atoms with Crippen LogP contribution in [0.5, 0.6) is 0 Å². The van der Waals surface area contributed by atoms with E-state index in [-0.39, 0.29) is 24.2 Å². The minimum Gasteiger partial charge on any atom is -0.352 e. The summed E-state index contributed by atoms with van der Waals surface area (Å²) < 4.78 is 0. The molecule has 1 heterocycles. The summed E-state index contributed by atoms with van der Waals surface area (Å²) in [7, 11) is 0. The highest BCUT2D eigenvalue weighted by atomic mass is 35.5. The van der Waals surface area contributed by atoms with Crippen molar-refractivity contribution in [3.8, 4) is 11.1 Å². The van der Waals surface area contributed by atoms with Gasteiger partial charge in [-0.15, -0.1) is 12.4 Å². The molecule has 1 atom stereocenters. The number of nitrogens with one attached hydrogen (secondary N) is 2. The topological polar surface area (TPSA) is 41.1 Å². The first kappa shape index (κ1) is 17.5. The third-order valence-corrected chi connectivity index (χ3v) is 4.18. The smallest absolute Gasteiger partial charge is 0.224 e. The molecule has 1 saturated heterocycles. The quantitative estimate of drug-likeness (QED) is 0.903. The van der Waals surface area contributed by atoms with Gasteiger partial charge in [-0.25, -0.2) is 0 Å². The molecule has 3 rings (SSSR count). The number of aryl methyl sites for hydroxylation is 1. The Balaban J connectivity index is 0.00000192. The van der Waals surface area contributed by atoms with Crippen molar-refractivity contribution in [3.05, 3.63) is 59.7 Å². The third-order valence-electron chi connectivity index (χ3n) is 4.18. The predicted octanol–water partition coefficient (Wildman–Crippen LogP) is 3.31. The van der Waals surface area contributed by atoms with E-state index in [0.717, 1.165) is 25.1 Å². The van der Waals surface area contributed by atoms with Crippen LogP contribution in [-0.4, -0.2) is 19.0 Å². The van der Waals surface area contributed by atoms with E-state index in [2.05, 4.69) is 66.1 Å². The highest BCUT2D eigenvalue weighted by Gasteiger charge is 2.21. The van der Waals surface area contributed by atoms with E-state index in [1.54, 1.807) is 0 Å². The lowest BCUT2D eigenvalue weighted by molar-refractivity contribution is -0.124. The van der Waals surface area contributed by atoms with Gasteiger partial charge in [0.1, 0.15) is 0 Å². The highest BCUT2D eigenvalue weighted by Crippen LogP contribution is 2.21. The van der Waals surface area contributed by atoms with E-state index in [1.165, 1.54) is 16.7 Å².